The van der Waals surface area contributed by atoms with Crippen LogP contribution in [0.1, 0.15) is 30.5 Å². The second kappa shape index (κ2) is 10.4. The summed E-state index contributed by atoms with van der Waals surface area (Å²) in [5.74, 6) is 0.194. The third-order valence-corrected chi connectivity index (χ3v) is 3.12. The second-order valence-electron chi connectivity index (χ2n) is 4.10. The molecule has 0 saturated heterocycles. The molecule has 0 fully saturated rings. The van der Waals surface area contributed by atoms with Crippen molar-refractivity contribution >= 4 is 42.1 Å². The van der Waals surface area contributed by atoms with Gasteiger partial charge in [-0.15, -0.1) is 36.2 Å². The predicted molar refractivity (Wildman–Crippen MR) is 82.4 cm³/mol. The van der Waals surface area contributed by atoms with Crippen molar-refractivity contribution in [3.63, 3.8) is 0 Å². The van der Waals surface area contributed by atoms with E-state index in [9.17, 15) is 4.79 Å². The van der Waals surface area contributed by atoms with Gasteiger partial charge in [0.15, 0.2) is 0 Å². The number of aromatic nitrogens is 1. The molecule has 1 amide bonds. The number of methoxy groups -OCH3 is 1. The lowest BCUT2D eigenvalue weighted by Gasteiger charge is -2.09. The Bertz CT molecular complexity index is 375. The molecule has 0 aliphatic rings. The van der Waals surface area contributed by atoms with E-state index in [0.717, 1.165) is 10.7 Å². The summed E-state index contributed by atoms with van der Waals surface area (Å²) in [7, 11) is 1.52. The summed E-state index contributed by atoms with van der Waals surface area (Å²) < 4.78 is 4.81. The molecular formula is C11H21Cl2N3O2S. The third kappa shape index (κ3) is 7.08. The SMILES string of the molecule is COCC(N)C(=O)NCc1nc(C(C)C)cs1.Cl.Cl. The van der Waals surface area contributed by atoms with Crippen LogP contribution >= 0.6 is 36.2 Å². The lowest BCUT2D eigenvalue weighted by Crippen LogP contribution is -2.43. The fraction of sp³-hybridized carbons (Fsp3) is 0.636. The van der Waals surface area contributed by atoms with Crippen LogP contribution < -0.4 is 11.1 Å². The molecule has 0 saturated carbocycles. The molecule has 0 aliphatic heterocycles. The first-order valence-electron chi connectivity index (χ1n) is 5.51. The number of hydrogen-bond donors (Lipinski definition) is 2. The number of halogens is 2. The topological polar surface area (TPSA) is 77.2 Å². The van der Waals surface area contributed by atoms with Crippen molar-refractivity contribution in [2.45, 2.75) is 32.4 Å². The van der Waals surface area contributed by atoms with Crippen molar-refractivity contribution in [1.29, 1.82) is 0 Å². The maximum atomic E-state index is 11.5. The van der Waals surface area contributed by atoms with Crippen LogP contribution in [0.3, 0.4) is 0 Å². The lowest BCUT2D eigenvalue weighted by molar-refractivity contribution is -0.123. The highest BCUT2D eigenvalue weighted by atomic mass is 35.5. The quantitative estimate of drug-likeness (QED) is 0.832. The molecule has 1 atom stereocenters. The van der Waals surface area contributed by atoms with Crippen LogP contribution in [0.2, 0.25) is 0 Å². The van der Waals surface area contributed by atoms with Crippen LogP contribution in [-0.2, 0) is 16.1 Å². The van der Waals surface area contributed by atoms with Gasteiger partial charge >= 0.3 is 0 Å². The number of hydrogen-bond acceptors (Lipinski definition) is 5. The highest BCUT2D eigenvalue weighted by molar-refractivity contribution is 7.09. The van der Waals surface area contributed by atoms with E-state index in [2.05, 4.69) is 24.1 Å². The van der Waals surface area contributed by atoms with Crippen molar-refractivity contribution in [1.82, 2.24) is 10.3 Å². The van der Waals surface area contributed by atoms with E-state index in [0.29, 0.717) is 12.5 Å². The Morgan fingerprint density at radius 2 is 2.16 bits per heavy atom. The van der Waals surface area contributed by atoms with Crippen molar-refractivity contribution < 1.29 is 9.53 Å². The van der Waals surface area contributed by atoms with Gasteiger partial charge in [-0.1, -0.05) is 13.8 Å². The van der Waals surface area contributed by atoms with Crippen LogP contribution in [0.25, 0.3) is 0 Å². The lowest BCUT2D eigenvalue weighted by atomic mass is 10.2. The highest BCUT2D eigenvalue weighted by Crippen LogP contribution is 2.17. The van der Waals surface area contributed by atoms with E-state index in [-0.39, 0.29) is 37.3 Å². The largest absolute Gasteiger partial charge is 0.383 e. The molecule has 0 bridgehead atoms. The third-order valence-electron chi connectivity index (χ3n) is 2.26. The van der Waals surface area contributed by atoms with Crippen molar-refractivity contribution in [3.05, 3.63) is 16.1 Å². The summed E-state index contributed by atoms with van der Waals surface area (Å²) in [5, 5.41) is 5.65. The normalized spacial score (nSPS) is 11.4. The van der Waals surface area contributed by atoms with Crippen LogP contribution in [0.15, 0.2) is 5.38 Å². The van der Waals surface area contributed by atoms with Crippen LogP contribution in [0.4, 0.5) is 0 Å². The van der Waals surface area contributed by atoms with E-state index >= 15 is 0 Å². The molecule has 0 radical (unpaired) electrons. The Balaban J connectivity index is 0. The number of rotatable bonds is 6. The van der Waals surface area contributed by atoms with Crippen LogP contribution in [0.5, 0.6) is 0 Å². The maximum absolute atomic E-state index is 11.5. The van der Waals surface area contributed by atoms with Gasteiger partial charge in [-0.05, 0) is 5.92 Å². The number of nitrogens with one attached hydrogen (secondary N) is 1. The molecule has 19 heavy (non-hydrogen) atoms. The number of nitrogens with zero attached hydrogens (tertiary/aromatic N) is 1. The molecule has 1 aromatic heterocycles. The average Bonchev–Trinajstić information content (AvgIpc) is 2.75. The Morgan fingerprint density at radius 1 is 1.53 bits per heavy atom. The molecule has 0 spiro atoms. The molecule has 3 N–H and O–H groups in total. The van der Waals surface area contributed by atoms with Gasteiger partial charge in [-0.3, -0.25) is 4.79 Å². The highest BCUT2D eigenvalue weighted by Gasteiger charge is 2.13. The summed E-state index contributed by atoms with van der Waals surface area (Å²) in [6.07, 6.45) is 0. The zero-order valence-corrected chi connectivity index (χ0v) is 13.7. The molecule has 0 aromatic carbocycles. The summed E-state index contributed by atoms with van der Waals surface area (Å²) in [6, 6.07) is -0.621. The molecule has 1 unspecified atom stereocenters. The molecule has 1 heterocycles. The number of amides is 1. The fourth-order valence-corrected chi connectivity index (χ4v) is 2.12. The summed E-state index contributed by atoms with van der Waals surface area (Å²) in [6.45, 7) is 4.83. The predicted octanol–water partition coefficient (Wildman–Crippen LogP) is 1.70. The van der Waals surface area contributed by atoms with Crippen molar-refractivity contribution in [3.8, 4) is 0 Å². The number of thiazole rings is 1. The van der Waals surface area contributed by atoms with E-state index in [1.807, 2.05) is 5.38 Å². The average molecular weight is 330 g/mol. The first-order chi connectivity index (χ1) is 8.04. The standard InChI is InChI=1S/C11H19N3O2S.2ClH/c1-7(2)9-6-17-10(14-9)4-13-11(15)8(12)5-16-3;;/h6-8H,4-5,12H2,1-3H3,(H,13,15);2*1H. The first-order valence-corrected chi connectivity index (χ1v) is 6.39. The van der Waals surface area contributed by atoms with Crippen LogP contribution in [-0.4, -0.2) is 30.6 Å². The Labute approximate surface area is 130 Å². The van der Waals surface area contributed by atoms with Crippen LogP contribution in [0, 0.1) is 0 Å². The van der Waals surface area contributed by atoms with Gasteiger partial charge in [0.2, 0.25) is 5.91 Å². The monoisotopic (exact) mass is 329 g/mol. The summed E-state index contributed by atoms with van der Waals surface area (Å²) in [5.41, 5.74) is 6.65. The van der Waals surface area contributed by atoms with E-state index in [1.165, 1.54) is 7.11 Å². The van der Waals surface area contributed by atoms with Gasteiger partial charge in [0.25, 0.3) is 0 Å². The number of ether oxygens (including phenoxy) is 1. The smallest absolute Gasteiger partial charge is 0.239 e. The maximum Gasteiger partial charge on any atom is 0.239 e. The molecule has 112 valence electrons. The number of carbonyl (C=O) groups excluding carboxylic acids is 1. The van der Waals surface area contributed by atoms with Gasteiger partial charge in [-0.25, -0.2) is 4.98 Å². The zero-order valence-electron chi connectivity index (χ0n) is 11.2. The Morgan fingerprint density at radius 3 is 2.63 bits per heavy atom. The van der Waals surface area contributed by atoms with Gasteiger partial charge in [0.1, 0.15) is 11.0 Å². The van der Waals surface area contributed by atoms with E-state index < -0.39 is 6.04 Å². The Kier molecular flexibility index (Phi) is 11.4. The minimum Gasteiger partial charge on any atom is -0.383 e. The summed E-state index contributed by atoms with van der Waals surface area (Å²) in [4.78, 5) is 15.9. The molecule has 1 aromatic rings. The van der Waals surface area contributed by atoms with E-state index in [1.54, 1.807) is 11.3 Å². The molecule has 5 nitrogen and oxygen atoms in total. The first kappa shape index (κ1) is 20.9. The summed E-state index contributed by atoms with van der Waals surface area (Å²) >= 11 is 1.55. The fourth-order valence-electron chi connectivity index (χ4n) is 1.22. The molecule has 1 rings (SSSR count). The van der Waals surface area contributed by atoms with Crippen molar-refractivity contribution in [2.24, 2.45) is 5.73 Å². The molecular weight excluding hydrogens is 309 g/mol. The van der Waals surface area contributed by atoms with E-state index in [4.69, 9.17) is 10.5 Å². The molecule has 0 aliphatic carbocycles. The number of nitrogens with two attached hydrogens (primary N) is 1. The molecule has 8 heteroatoms. The zero-order chi connectivity index (χ0) is 12.8. The van der Waals surface area contributed by atoms with Gasteiger partial charge in [0, 0.05) is 12.5 Å². The number of carbonyl (C=O) groups is 1. The van der Waals surface area contributed by atoms with Crippen molar-refractivity contribution in [2.75, 3.05) is 13.7 Å². The van der Waals surface area contributed by atoms with Gasteiger partial charge < -0.3 is 15.8 Å². The van der Waals surface area contributed by atoms with Gasteiger partial charge in [-0.2, -0.15) is 0 Å². The minimum atomic E-state index is -0.621. The van der Waals surface area contributed by atoms with Gasteiger partial charge in [0.05, 0.1) is 18.8 Å². The minimum absolute atomic E-state index is 0. The second-order valence-corrected chi connectivity index (χ2v) is 5.04. The Hall–Kier alpha value is -0.400.